The molecule has 0 atom stereocenters. The molecule has 0 radical (unpaired) electrons. The number of hydrogen-bond donors (Lipinski definition) is 0. The van der Waals surface area contributed by atoms with E-state index in [0.717, 1.165) is 5.56 Å². The molecule has 1 heterocycles. The molecule has 0 amide bonds. The Labute approximate surface area is 112 Å². The summed E-state index contributed by atoms with van der Waals surface area (Å²) in [6.07, 6.45) is -0.0414. The van der Waals surface area contributed by atoms with Crippen LogP contribution in [-0.4, -0.2) is 13.1 Å². The molecule has 0 aliphatic rings. The maximum Gasteiger partial charge on any atom is 0.313 e. The van der Waals surface area contributed by atoms with Gasteiger partial charge in [0.2, 0.25) is 0 Å². The van der Waals surface area contributed by atoms with E-state index < -0.39 is 5.97 Å². The molecule has 0 N–H and O–H groups in total. The number of alkyl halides is 1. The van der Waals surface area contributed by atoms with E-state index in [2.05, 4.69) is 20.7 Å². The summed E-state index contributed by atoms with van der Waals surface area (Å²) in [6.45, 7) is 0. The summed E-state index contributed by atoms with van der Waals surface area (Å²) >= 11 is 3.34. The van der Waals surface area contributed by atoms with Crippen molar-refractivity contribution in [3.05, 3.63) is 45.8 Å². The minimum absolute atomic E-state index is 0.0414. The Morgan fingerprint density at radius 2 is 2.17 bits per heavy atom. The Balaban J connectivity index is 2.52. The van der Waals surface area contributed by atoms with Crippen molar-refractivity contribution in [2.75, 3.05) is 7.11 Å². The average molecular weight is 311 g/mol. The molecule has 18 heavy (non-hydrogen) atoms. The largest absolute Gasteiger partial charge is 0.469 e. The molecule has 0 fully saturated rings. The number of methoxy groups -OCH3 is 1. The number of ether oxygens (including phenoxy) is 1. The molecule has 0 bridgehead atoms. The number of carbonyl (C=O) groups is 1. The highest BCUT2D eigenvalue weighted by Gasteiger charge is 2.09. The standard InChI is InChI=1S/C13H11BrO4/c1-17-13(16)6-9-5-11(15)10-3-2-8(7-14)4-12(10)18-9/h2-5H,6-7H2,1H3. The van der Waals surface area contributed by atoms with Crippen LogP contribution in [0.4, 0.5) is 0 Å². The molecule has 5 heteroatoms. The minimum atomic E-state index is -0.436. The van der Waals surface area contributed by atoms with Crippen LogP contribution in [0.2, 0.25) is 0 Å². The van der Waals surface area contributed by atoms with Gasteiger partial charge < -0.3 is 9.15 Å². The summed E-state index contributed by atoms with van der Waals surface area (Å²) < 4.78 is 10.1. The summed E-state index contributed by atoms with van der Waals surface area (Å²) in [7, 11) is 1.30. The lowest BCUT2D eigenvalue weighted by Crippen LogP contribution is -2.08. The first kappa shape index (κ1) is 12.8. The van der Waals surface area contributed by atoms with Crippen molar-refractivity contribution in [3.63, 3.8) is 0 Å². The van der Waals surface area contributed by atoms with E-state index in [-0.39, 0.29) is 11.8 Å². The predicted octanol–water partition coefficient (Wildman–Crippen LogP) is 2.40. The monoisotopic (exact) mass is 310 g/mol. The van der Waals surface area contributed by atoms with Crippen molar-refractivity contribution in [1.29, 1.82) is 0 Å². The van der Waals surface area contributed by atoms with Crippen LogP contribution in [-0.2, 0) is 21.3 Å². The lowest BCUT2D eigenvalue weighted by molar-refractivity contribution is -0.140. The van der Waals surface area contributed by atoms with E-state index in [4.69, 9.17) is 4.42 Å². The zero-order chi connectivity index (χ0) is 13.1. The second-order valence-electron chi connectivity index (χ2n) is 3.79. The summed E-state index contributed by atoms with van der Waals surface area (Å²) in [5.74, 6) is -0.125. The van der Waals surface area contributed by atoms with E-state index in [1.54, 1.807) is 12.1 Å². The van der Waals surface area contributed by atoms with Gasteiger partial charge in [-0.2, -0.15) is 0 Å². The highest BCUT2D eigenvalue weighted by molar-refractivity contribution is 9.08. The smallest absolute Gasteiger partial charge is 0.313 e. The van der Waals surface area contributed by atoms with Gasteiger partial charge in [-0.05, 0) is 17.7 Å². The molecule has 0 saturated carbocycles. The van der Waals surface area contributed by atoms with Crippen molar-refractivity contribution in [2.24, 2.45) is 0 Å². The third kappa shape index (κ3) is 2.61. The molecular formula is C13H11BrO4. The predicted molar refractivity (Wildman–Crippen MR) is 70.8 cm³/mol. The van der Waals surface area contributed by atoms with Gasteiger partial charge in [0.1, 0.15) is 17.8 Å². The van der Waals surface area contributed by atoms with Crippen molar-refractivity contribution in [2.45, 2.75) is 11.8 Å². The lowest BCUT2D eigenvalue weighted by Gasteiger charge is -2.03. The Morgan fingerprint density at radius 3 is 2.83 bits per heavy atom. The number of benzene rings is 1. The van der Waals surface area contributed by atoms with Gasteiger partial charge in [-0.1, -0.05) is 22.0 Å². The van der Waals surface area contributed by atoms with Crippen LogP contribution < -0.4 is 5.43 Å². The fourth-order valence-electron chi connectivity index (χ4n) is 1.63. The van der Waals surface area contributed by atoms with Gasteiger partial charge in [0.15, 0.2) is 5.43 Å². The quantitative estimate of drug-likeness (QED) is 0.645. The molecule has 0 spiro atoms. The second kappa shape index (κ2) is 5.35. The van der Waals surface area contributed by atoms with Crippen molar-refractivity contribution >= 4 is 32.9 Å². The molecule has 0 unspecified atom stereocenters. The maximum atomic E-state index is 11.8. The zero-order valence-electron chi connectivity index (χ0n) is 9.73. The first-order valence-electron chi connectivity index (χ1n) is 5.32. The van der Waals surface area contributed by atoms with E-state index in [0.29, 0.717) is 22.1 Å². The number of esters is 1. The maximum absolute atomic E-state index is 11.8. The van der Waals surface area contributed by atoms with Gasteiger partial charge in [-0.25, -0.2) is 0 Å². The second-order valence-corrected chi connectivity index (χ2v) is 4.35. The van der Waals surface area contributed by atoms with Crippen LogP contribution in [0.5, 0.6) is 0 Å². The van der Waals surface area contributed by atoms with Gasteiger partial charge in [0, 0.05) is 11.4 Å². The van der Waals surface area contributed by atoms with Crippen LogP contribution in [0.1, 0.15) is 11.3 Å². The Kier molecular flexibility index (Phi) is 3.81. The number of rotatable bonds is 3. The van der Waals surface area contributed by atoms with Crippen molar-refractivity contribution in [3.8, 4) is 0 Å². The molecule has 2 rings (SSSR count). The molecular weight excluding hydrogens is 300 g/mol. The molecule has 0 aliphatic carbocycles. The lowest BCUT2D eigenvalue weighted by atomic mass is 10.1. The van der Waals surface area contributed by atoms with Crippen LogP contribution in [0, 0.1) is 0 Å². The van der Waals surface area contributed by atoms with Gasteiger partial charge in [-0.3, -0.25) is 9.59 Å². The highest BCUT2D eigenvalue weighted by atomic mass is 79.9. The minimum Gasteiger partial charge on any atom is -0.469 e. The number of hydrogen-bond acceptors (Lipinski definition) is 4. The SMILES string of the molecule is COC(=O)Cc1cc(=O)c2ccc(CBr)cc2o1. The molecule has 0 saturated heterocycles. The Morgan fingerprint density at radius 1 is 1.39 bits per heavy atom. The third-order valence-electron chi connectivity index (χ3n) is 2.55. The molecule has 1 aromatic carbocycles. The van der Waals surface area contributed by atoms with Crippen LogP contribution in [0.25, 0.3) is 11.0 Å². The Bertz CT molecular complexity index is 645. The van der Waals surface area contributed by atoms with Crippen molar-refractivity contribution in [1.82, 2.24) is 0 Å². The van der Waals surface area contributed by atoms with Gasteiger partial charge in [-0.15, -0.1) is 0 Å². The van der Waals surface area contributed by atoms with E-state index in [9.17, 15) is 9.59 Å². The molecule has 94 valence electrons. The summed E-state index contributed by atoms with van der Waals surface area (Å²) in [5, 5.41) is 1.18. The topological polar surface area (TPSA) is 56.5 Å². The summed E-state index contributed by atoms with van der Waals surface area (Å²) in [5.41, 5.74) is 1.33. The van der Waals surface area contributed by atoms with Crippen molar-refractivity contribution < 1.29 is 13.9 Å². The van der Waals surface area contributed by atoms with Gasteiger partial charge in [0.05, 0.1) is 12.5 Å². The third-order valence-corrected chi connectivity index (χ3v) is 3.19. The van der Waals surface area contributed by atoms with Gasteiger partial charge >= 0.3 is 5.97 Å². The average Bonchev–Trinajstić information content (AvgIpc) is 2.37. The number of carbonyl (C=O) groups excluding carboxylic acids is 1. The Hall–Kier alpha value is -1.62. The van der Waals surface area contributed by atoms with E-state index in [1.165, 1.54) is 13.2 Å². The fourth-order valence-corrected chi connectivity index (χ4v) is 1.98. The molecule has 0 aliphatic heterocycles. The number of halogens is 1. The van der Waals surface area contributed by atoms with Crippen LogP contribution >= 0.6 is 15.9 Å². The summed E-state index contributed by atoms with van der Waals surface area (Å²) in [6, 6.07) is 6.69. The van der Waals surface area contributed by atoms with Crippen LogP contribution in [0.3, 0.4) is 0 Å². The highest BCUT2D eigenvalue weighted by Crippen LogP contribution is 2.16. The van der Waals surface area contributed by atoms with E-state index in [1.807, 2.05) is 6.07 Å². The molecule has 1 aromatic heterocycles. The normalized spacial score (nSPS) is 10.6. The first-order valence-corrected chi connectivity index (χ1v) is 6.44. The van der Waals surface area contributed by atoms with Gasteiger partial charge in [0.25, 0.3) is 0 Å². The number of fused-ring (bicyclic) bond motifs is 1. The molecule has 4 nitrogen and oxygen atoms in total. The first-order chi connectivity index (χ1) is 8.63. The van der Waals surface area contributed by atoms with E-state index >= 15 is 0 Å². The summed E-state index contributed by atoms with van der Waals surface area (Å²) in [4.78, 5) is 23.0. The fraction of sp³-hybridized carbons (Fsp3) is 0.231. The molecule has 2 aromatic rings. The van der Waals surface area contributed by atoms with Crippen LogP contribution in [0.15, 0.2) is 33.5 Å². The zero-order valence-corrected chi connectivity index (χ0v) is 11.3.